The van der Waals surface area contributed by atoms with Gasteiger partial charge in [0.05, 0.1) is 19.8 Å². The minimum atomic E-state index is -5.63. The third kappa shape index (κ3) is 23.8. The molecule has 75 heavy (non-hydrogen) atoms. The average Bonchev–Trinajstić information content (AvgIpc) is 3.39. The Bertz CT molecular complexity index is 1560. The van der Waals surface area contributed by atoms with Gasteiger partial charge in [0.25, 0.3) is 0 Å². The lowest BCUT2D eigenvalue weighted by Crippen LogP contribution is -2.69. The van der Waals surface area contributed by atoms with Crippen molar-refractivity contribution in [2.24, 2.45) is 0 Å². The lowest BCUT2D eigenvalue weighted by atomic mass is 9.84. The first-order valence-electron chi connectivity index (χ1n) is 27.5. The number of rotatable bonds is 39. The van der Waals surface area contributed by atoms with Gasteiger partial charge in [-0.2, -0.15) is 0 Å². The zero-order valence-corrected chi connectivity index (χ0v) is 45.0. The Morgan fingerprint density at radius 2 is 0.880 bits per heavy atom. The zero-order chi connectivity index (χ0) is 55.3. The van der Waals surface area contributed by atoms with E-state index in [4.69, 9.17) is 37.5 Å². The van der Waals surface area contributed by atoms with Crippen LogP contribution in [0.15, 0.2) is 12.2 Å². The summed E-state index contributed by atoms with van der Waals surface area (Å²) in [5.41, 5.74) is 0. The average molecular weight is 1110 g/mol. The van der Waals surface area contributed by atoms with E-state index in [1.807, 2.05) is 0 Å². The standard InChI is InChI=1S/C51H93O23P/c1-3-5-7-9-11-13-15-16-18-19-21-23-25-27-36(54)67-31-33(69-37(55)28-26-24-22-20-17-14-12-10-8-6-4-2)32-68-75(65,66)74-49-47(72-50-45(63)40(58)38(56)34(29-52)70-50)43(61)42(60)44(62)48(49)73-51-46(64)41(59)39(57)35(30-53)71-51/h16,18,33-35,38-53,56-64H,3-15,17,19-32H2,1-2H3,(H,65,66)/b18-16-. The lowest BCUT2D eigenvalue weighted by molar-refractivity contribution is -0.360. The number of phosphoric ester groups is 1. The van der Waals surface area contributed by atoms with Gasteiger partial charge in [0, 0.05) is 12.8 Å². The third-order valence-corrected chi connectivity index (χ3v) is 14.8. The molecule has 2 aliphatic heterocycles. The van der Waals surface area contributed by atoms with Crippen molar-refractivity contribution in [2.45, 2.75) is 272 Å². The van der Waals surface area contributed by atoms with Crippen molar-refractivity contribution in [2.75, 3.05) is 26.4 Å². The maximum atomic E-state index is 14.0. The fourth-order valence-corrected chi connectivity index (χ4v) is 10.1. The molecule has 1 saturated carbocycles. The smallest absolute Gasteiger partial charge is 0.462 e. The largest absolute Gasteiger partial charge is 0.472 e. The van der Waals surface area contributed by atoms with Crippen LogP contribution in [0.2, 0.25) is 0 Å². The molecule has 3 rings (SSSR count). The van der Waals surface area contributed by atoms with Crippen molar-refractivity contribution in [1.29, 1.82) is 0 Å². The molecular formula is C51H93O23P. The first-order chi connectivity index (χ1) is 35.9. The molecule has 0 amide bonds. The second-order valence-corrected chi connectivity index (χ2v) is 21.5. The SMILES string of the molecule is CCCCCCCC/C=C\CCCCCC(=O)OCC(COP(=O)(O)OC1C(OC2OC(CO)C(O)C(O)C2O)C(O)C(O)C(O)C1OC1OC(CO)C(O)C(O)C1O)OC(=O)CCCCCCCCCCCCC. The molecule has 3 aliphatic rings. The van der Waals surface area contributed by atoms with Crippen LogP contribution in [0.25, 0.3) is 0 Å². The van der Waals surface area contributed by atoms with Crippen LogP contribution in [-0.4, -0.2) is 204 Å². The molecule has 2 saturated heterocycles. The molecule has 0 bridgehead atoms. The number of carbonyl (C=O) groups excluding carboxylic acids is 2. The number of aliphatic hydroxyl groups excluding tert-OH is 11. The van der Waals surface area contributed by atoms with Crippen molar-refractivity contribution < 1.29 is 113 Å². The fraction of sp³-hybridized carbons (Fsp3) is 0.922. The summed E-state index contributed by atoms with van der Waals surface area (Å²) in [6.07, 6.45) is -7.68. The first-order valence-corrected chi connectivity index (χ1v) is 29.0. The van der Waals surface area contributed by atoms with E-state index in [0.29, 0.717) is 12.8 Å². The number of allylic oxidation sites excluding steroid dienone is 2. The molecule has 0 spiro atoms. The van der Waals surface area contributed by atoms with Crippen LogP contribution in [0.3, 0.4) is 0 Å². The van der Waals surface area contributed by atoms with Crippen LogP contribution in [0.4, 0.5) is 0 Å². The van der Waals surface area contributed by atoms with Crippen molar-refractivity contribution >= 4 is 19.8 Å². The summed E-state index contributed by atoms with van der Waals surface area (Å²) < 4.78 is 57.9. The molecule has 24 heteroatoms. The van der Waals surface area contributed by atoms with Crippen molar-refractivity contribution in [3.8, 4) is 0 Å². The lowest BCUT2D eigenvalue weighted by Gasteiger charge is -2.49. The Balaban J connectivity index is 1.75. The molecule has 12 N–H and O–H groups in total. The molecule has 3 fully saturated rings. The van der Waals surface area contributed by atoms with Gasteiger partial charge in [-0.05, 0) is 38.5 Å². The predicted octanol–water partition coefficient (Wildman–Crippen LogP) is 2.37. The quantitative estimate of drug-likeness (QED) is 0.0182. The highest BCUT2D eigenvalue weighted by Crippen LogP contribution is 2.49. The summed E-state index contributed by atoms with van der Waals surface area (Å²) in [4.78, 5) is 37.3. The van der Waals surface area contributed by atoms with Gasteiger partial charge >= 0.3 is 19.8 Å². The molecule has 0 aromatic rings. The van der Waals surface area contributed by atoms with Crippen LogP contribution in [0.5, 0.6) is 0 Å². The van der Waals surface area contributed by atoms with Gasteiger partial charge in [-0.3, -0.25) is 18.6 Å². The van der Waals surface area contributed by atoms with Crippen molar-refractivity contribution in [3.05, 3.63) is 12.2 Å². The maximum absolute atomic E-state index is 14.0. The summed E-state index contributed by atoms with van der Waals surface area (Å²) in [5, 5.41) is 116. The Labute approximate surface area is 442 Å². The molecule has 2 heterocycles. The van der Waals surface area contributed by atoms with E-state index < -0.39 is 150 Å². The minimum Gasteiger partial charge on any atom is -0.462 e. The zero-order valence-electron chi connectivity index (χ0n) is 44.1. The molecule has 16 unspecified atom stereocenters. The third-order valence-electron chi connectivity index (χ3n) is 13.8. The van der Waals surface area contributed by atoms with E-state index in [1.54, 1.807) is 0 Å². The molecule has 0 aromatic heterocycles. The molecule has 0 aromatic carbocycles. The maximum Gasteiger partial charge on any atom is 0.472 e. The normalized spacial score (nSPS) is 32.6. The molecule has 23 nitrogen and oxygen atoms in total. The van der Waals surface area contributed by atoms with E-state index in [0.717, 1.165) is 64.2 Å². The van der Waals surface area contributed by atoms with Gasteiger partial charge in [-0.15, -0.1) is 0 Å². The number of ether oxygens (including phenoxy) is 6. The van der Waals surface area contributed by atoms with Crippen LogP contribution in [0, 0.1) is 0 Å². The number of hydrogen-bond acceptors (Lipinski definition) is 22. The van der Waals surface area contributed by atoms with Crippen LogP contribution < -0.4 is 0 Å². The Morgan fingerprint density at radius 3 is 1.32 bits per heavy atom. The summed E-state index contributed by atoms with van der Waals surface area (Å²) in [6, 6.07) is 0. The Hall–Kier alpha value is -1.81. The van der Waals surface area contributed by atoms with Gasteiger partial charge in [0.2, 0.25) is 0 Å². The van der Waals surface area contributed by atoms with E-state index in [-0.39, 0.29) is 12.8 Å². The number of carbonyl (C=O) groups is 2. The Kier molecular flexibility index (Phi) is 33.5. The highest BCUT2D eigenvalue weighted by molar-refractivity contribution is 7.47. The number of phosphoric acid groups is 1. The topological polar surface area (TPSA) is 368 Å². The fourth-order valence-electron chi connectivity index (χ4n) is 9.17. The summed E-state index contributed by atoms with van der Waals surface area (Å²) in [5.74, 6) is -1.35. The Morgan fingerprint density at radius 1 is 0.493 bits per heavy atom. The van der Waals surface area contributed by atoms with E-state index >= 15 is 0 Å². The summed E-state index contributed by atoms with van der Waals surface area (Å²) in [6.45, 7) is 0.946. The van der Waals surface area contributed by atoms with E-state index in [9.17, 15) is 75.2 Å². The van der Waals surface area contributed by atoms with Gasteiger partial charge < -0.3 is 89.5 Å². The molecule has 16 atom stereocenters. The van der Waals surface area contributed by atoms with Crippen LogP contribution in [-0.2, 0) is 51.6 Å². The monoisotopic (exact) mass is 1100 g/mol. The van der Waals surface area contributed by atoms with Crippen molar-refractivity contribution in [3.63, 3.8) is 0 Å². The number of aliphatic hydroxyl groups is 11. The highest BCUT2D eigenvalue weighted by atomic mass is 31.2. The first kappa shape index (κ1) is 67.5. The van der Waals surface area contributed by atoms with Crippen LogP contribution >= 0.6 is 7.82 Å². The van der Waals surface area contributed by atoms with Gasteiger partial charge in [0.1, 0.15) is 92.1 Å². The number of esters is 2. The highest BCUT2D eigenvalue weighted by Gasteiger charge is 2.58. The van der Waals surface area contributed by atoms with Gasteiger partial charge in [0.15, 0.2) is 18.7 Å². The van der Waals surface area contributed by atoms with E-state index in [2.05, 4.69) is 26.0 Å². The molecule has 440 valence electrons. The second-order valence-electron chi connectivity index (χ2n) is 20.1. The minimum absolute atomic E-state index is 0.0315. The van der Waals surface area contributed by atoms with Gasteiger partial charge in [-0.25, -0.2) is 4.57 Å². The van der Waals surface area contributed by atoms with Crippen molar-refractivity contribution in [1.82, 2.24) is 0 Å². The second kappa shape index (κ2) is 37.2. The summed E-state index contributed by atoms with van der Waals surface area (Å²) in [7, 11) is -5.63. The van der Waals surface area contributed by atoms with Gasteiger partial charge in [-0.1, -0.05) is 129 Å². The molecule has 0 radical (unpaired) electrons. The van der Waals surface area contributed by atoms with Crippen LogP contribution in [0.1, 0.15) is 168 Å². The number of hydrogen-bond donors (Lipinski definition) is 12. The molecular weight excluding hydrogens is 1010 g/mol. The van der Waals surface area contributed by atoms with E-state index in [1.165, 1.54) is 64.2 Å². The predicted molar refractivity (Wildman–Crippen MR) is 268 cm³/mol. The summed E-state index contributed by atoms with van der Waals surface area (Å²) >= 11 is 0. The number of unbranched alkanes of at least 4 members (excludes halogenated alkanes) is 19. The molecule has 1 aliphatic carbocycles.